The van der Waals surface area contributed by atoms with Gasteiger partial charge in [0.2, 0.25) is 5.91 Å². The van der Waals surface area contributed by atoms with Crippen LogP contribution in [-0.2, 0) is 11.2 Å². The van der Waals surface area contributed by atoms with Gasteiger partial charge < -0.3 is 21.3 Å². The maximum absolute atomic E-state index is 12.1. The number of nitrogens with two attached hydrogens (primary N) is 1. The lowest BCUT2D eigenvalue weighted by molar-refractivity contribution is -0.117. The summed E-state index contributed by atoms with van der Waals surface area (Å²) in [7, 11) is 0. The highest BCUT2D eigenvalue weighted by molar-refractivity contribution is 5.96. The predicted octanol–water partition coefficient (Wildman–Crippen LogP) is 1.91. The summed E-state index contributed by atoms with van der Waals surface area (Å²) in [4.78, 5) is 12.1. The fraction of sp³-hybridized carbons (Fsp3) is 0.188. The van der Waals surface area contributed by atoms with Gasteiger partial charge in [0.25, 0.3) is 0 Å². The van der Waals surface area contributed by atoms with Crippen molar-refractivity contribution in [2.75, 3.05) is 5.32 Å². The predicted molar refractivity (Wildman–Crippen MR) is 81.3 cm³/mol. The number of phenolic OH excluding ortho intramolecular Hbond substituents is 2. The lowest BCUT2D eigenvalue weighted by atomic mass is 10.1. The van der Waals surface area contributed by atoms with E-state index in [1.165, 1.54) is 0 Å². The number of para-hydroxylation sites is 1. The Morgan fingerprint density at radius 2 is 1.86 bits per heavy atom. The highest BCUT2D eigenvalue weighted by atomic mass is 16.3. The first-order chi connectivity index (χ1) is 9.97. The molecule has 0 aliphatic carbocycles. The maximum Gasteiger partial charge on any atom is 0.241 e. The fourth-order valence-electron chi connectivity index (χ4n) is 1.96. The molecule has 2 rings (SSSR count). The number of amides is 1. The van der Waals surface area contributed by atoms with Gasteiger partial charge in [0.05, 0.1) is 11.7 Å². The molecule has 5 nitrogen and oxygen atoms in total. The van der Waals surface area contributed by atoms with Crippen molar-refractivity contribution in [3.8, 4) is 11.5 Å². The van der Waals surface area contributed by atoms with Crippen molar-refractivity contribution in [1.82, 2.24) is 0 Å². The molecule has 0 spiro atoms. The molecule has 0 aliphatic heterocycles. The topological polar surface area (TPSA) is 95.6 Å². The Bertz CT molecular complexity index is 638. The highest BCUT2D eigenvalue weighted by Crippen LogP contribution is 2.26. The lowest BCUT2D eigenvalue weighted by Crippen LogP contribution is -2.37. The normalized spacial score (nSPS) is 11.9. The number of nitrogens with one attached hydrogen (secondary N) is 1. The van der Waals surface area contributed by atoms with Crippen LogP contribution in [-0.4, -0.2) is 22.2 Å². The summed E-state index contributed by atoms with van der Waals surface area (Å²) >= 11 is 0. The van der Waals surface area contributed by atoms with Crippen molar-refractivity contribution in [3.63, 3.8) is 0 Å². The van der Waals surface area contributed by atoms with Gasteiger partial charge in [0, 0.05) is 0 Å². The molecule has 0 saturated heterocycles. The van der Waals surface area contributed by atoms with E-state index in [1.54, 1.807) is 49.4 Å². The van der Waals surface area contributed by atoms with Crippen molar-refractivity contribution in [2.45, 2.75) is 19.4 Å². The van der Waals surface area contributed by atoms with Crippen molar-refractivity contribution >= 4 is 11.6 Å². The van der Waals surface area contributed by atoms with Crippen molar-refractivity contribution in [2.24, 2.45) is 5.73 Å². The van der Waals surface area contributed by atoms with E-state index in [1.807, 2.05) is 0 Å². The summed E-state index contributed by atoms with van der Waals surface area (Å²) in [5.41, 5.74) is 7.75. The molecular weight excluding hydrogens is 268 g/mol. The van der Waals surface area contributed by atoms with Crippen LogP contribution < -0.4 is 11.1 Å². The summed E-state index contributed by atoms with van der Waals surface area (Å²) in [6.45, 7) is 1.75. The van der Waals surface area contributed by atoms with Gasteiger partial charge in [-0.25, -0.2) is 0 Å². The molecule has 1 amide bonds. The number of phenols is 2. The zero-order chi connectivity index (χ0) is 15.4. The van der Waals surface area contributed by atoms with Gasteiger partial charge in [-0.2, -0.15) is 0 Å². The molecule has 2 aromatic carbocycles. The van der Waals surface area contributed by atoms with Crippen LogP contribution in [0, 0.1) is 6.92 Å². The molecule has 0 aromatic heterocycles. The first kappa shape index (κ1) is 14.9. The van der Waals surface area contributed by atoms with E-state index in [0.29, 0.717) is 17.7 Å². The minimum Gasteiger partial charge on any atom is -0.508 e. The summed E-state index contributed by atoms with van der Waals surface area (Å²) in [6, 6.07) is 10.9. The van der Waals surface area contributed by atoms with Gasteiger partial charge in [-0.3, -0.25) is 4.79 Å². The van der Waals surface area contributed by atoms with Crippen molar-refractivity contribution in [3.05, 3.63) is 53.6 Å². The number of aryl methyl sites for hydroxylation is 1. The molecule has 0 radical (unpaired) electrons. The largest absolute Gasteiger partial charge is 0.508 e. The van der Waals surface area contributed by atoms with Crippen LogP contribution in [0.25, 0.3) is 0 Å². The third-order valence-corrected chi connectivity index (χ3v) is 3.22. The van der Waals surface area contributed by atoms with Crippen LogP contribution in [0.5, 0.6) is 11.5 Å². The van der Waals surface area contributed by atoms with Crippen LogP contribution in [0.1, 0.15) is 11.1 Å². The van der Waals surface area contributed by atoms with E-state index in [2.05, 4.69) is 5.32 Å². The average molecular weight is 286 g/mol. The molecule has 0 heterocycles. The second kappa shape index (κ2) is 6.28. The van der Waals surface area contributed by atoms with E-state index < -0.39 is 6.04 Å². The molecule has 2 aromatic rings. The number of carbonyl (C=O) groups is 1. The van der Waals surface area contributed by atoms with Crippen molar-refractivity contribution in [1.29, 1.82) is 0 Å². The number of hydrogen-bond donors (Lipinski definition) is 4. The van der Waals surface area contributed by atoms with Gasteiger partial charge >= 0.3 is 0 Å². The van der Waals surface area contributed by atoms with Gasteiger partial charge in [-0.05, 0) is 42.7 Å². The van der Waals surface area contributed by atoms with Crippen LogP contribution in [0.2, 0.25) is 0 Å². The molecule has 110 valence electrons. The zero-order valence-electron chi connectivity index (χ0n) is 11.7. The number of anilines is 1. The third kappa shape index (κ3) is 3.73. The number of aromatic hydroxyl groups is 2. The van der Waals surface area contributed by atoms with Crippen molar-refractivity contribution < 1.29 is 15.0 Å². The molecule has 5 heteroatoms. The van der Waals surface area contributed by atoms with Gasteiger partial charge in [0.15, 0.2) is 0 Å². The third-order valence-electron chi connectivity index (χ3n) is 3.22. The standard InChI is InChI=1S/C16H18N2O3/c1-10-3-2-4-14(15(10)20)18-16(21)13(17)9-11-5-7-12(19)8-6-11/h2-8,13,19-20H,9,17H2,1H3,(H,18,21)/t13-/m1/s1. The molecule has 0 aliphatic rings. The monoisotopic (exact) mass is 286 g/mol. The molecule has 0 unspecified atom stereocenters. The quantitative estimate of drug-likeness (QED) is 0.646. The summed E-state index contributed by atoms with van der Waals surface area (Å²) in [5.74, 6) is -0.159. The van der Waals surface area contributed by atoms with Gasteiger partial charge in [0.1, 0.15) is 11.5 Å². The van der Waals surface area contributed by atoms with E-state index in [9.17, 15) is 15.0 Å². The van der Waals surface area contributed by atoms with Crippen LogP contribution in [0.3, 0.4) is 0 Å². The Morgan fingerprint density at radius 1 is 1.19 bits per heavy atom. The molecule has 5 N–H and O–H groups in total. The van der Waals surface area contributed by atoms with E-state index in [-0.39, 0.29) is 17.4 Å². The Labute approximate surface area is 123 Å². The van der Waals surface area contributed by atoms with Crippen LogP contribution in [0.4, 0.5) is 5.69 Å². The fourth-order valence-corrected chi connectivity index (χ4v) is 1.96. The Kier molecular flexibility index (Phi) is 4.45. The van der Waals surface area contributed by atoms with E-state index in [4.69, 9.17) is 5.73 Å². The van der Waals surface area contributed by atoms with Gasteiger partial charge in [-0.15, -0.1) is 0 Å². The lowest BCUT2D eigenvalue weighted by Gasteiger charge is -2.14. The number of benzene rings is 2. The molecular formula is C16H18N2O3. The first-order valence-corrected chi connectivity index (χ1v) is 6.60. The molecule has 21 heavy (non-hydrogen) atoms. The maximum atomic E-state index is 12.1. The van der Waals surface area contributed by atoms with E-state index >= 15 is 0 Å². The Hall–Kier alpha value is -2.53. The SMILES string of the molecule is Cc1cccc(NC(=O)[C@H](N)Cc2ccc(O)cc2)c1O. The second-order valence-corrected chi connectivity index (χ2v) is 4.94. The number of hydrogen-bond acceptors (Lipinski definition) is 4. The molecule has 0 fully saturated rings. The average Bonchev–Trinajstić information content (AvgIpc) is 2.46. The smallest absolute Gasteiger partial charge is 0.241 e. The Morgan fingerprint density at radius 3 is 2.52 bits per heavy atom. The van der Waals surface area contributed by atoms with Gasteiger partial charge in [-0.1, -0.05) is 24.3 Å². The number of carbonyl (C=O) groups excluding carboxylic acids is 1. The molecule has 0 bridgehead atoms. The first-order valence-electron chi connectivity index (χ1n) is 6.60. The minimum absolute atomic E-state index is 0.0442. The summed E-state index contributed by atoms with van der Waals surface area (Å²) in [5, 5.41) is 21.7. The minimum atomic E-state index is -0.741. The molecule has 0 saturated carbocycles. The van der Waals surface area contributed by atoms with Crippen LogP contribution >= 0.6 is 0 Å². The van der Waals surface area contributed by atoms with E-state index in [0.717, 1.165) is 5.56 Å². The summed E-state index contributed by atoms with van der Waals surface area (Å²) < 4.78 is 0. The zero-order valence-corrected chi connectivity index (χ0v) is 11.7. The van der Waals surface area contributed by atoms with Crippen LogP contribution in [0.15, 0.2) is 42.5 Å². The number of rotatable bonds is 4. The summed E-state index contributed by atoms with van der Waals surface area (Å²) in [6.07, 6.45) is 0.346. The highest BCUT2D eigenvalue weighted by Gasteiger charge is 2.16. The Balaban J connectivity index is 2.02. The molecule has 1 atom stereocenters. The second-order valence-electron chi connectivity index (χ2n) is 4.94.